The van der Waals surface area contributed by atoms with Crippen LogP contribution in [0.25, 0.3) is 0 Å². The normalized spacial score (nSPS) is 12.5. The van der Waals surface area contributed by atoms with Gasteiger partial charge < -0.3 is 0 Å². The van der Waals surface area contributed by atoms with Crippen LogP contribution in [0.15, 0.2) is 39.3 Å². The van der Waals surface area contributed by atoms with Crippen molar-refractivity contribution in [1.82, 2.24) is 0 Å². The van der Waals surface area contributed by atoms with E-state index in [0.29, 0.717) is 5.56 Å². The Bertz CT molecular complexity index is 612. The zero-order valence-corrected chi connectivity index (χ0v) is 13.9. The van der Waals surface area contributed by atoms with Gasteiger partial charge in [0.05, 0.1) is 5.38 Å². The molecular weight excluding hydrogens is 425 g/mol. The lowest BCUT2D eigenvalue weighted by Gasteiger charge is -2.13. The van der Waals surface area contributed by atoms with Gasteiger partial charge in [-0.15, -0.1) is 11.6 Å². The number of benzene rings is 2. The third kappa shape index (κ3) is 3.48. The van der Waals surface area contributed by atoms with Crippen molar-refractivity contribution in [3.05, 3.63) is 67.1 Å². The highest BCUT2D eigenvalue weighted by Gasteiger charge is 2.18. The molecule has 0 amide bonds. The van der Waals surface area contributed by atoms with Crippen molar-refractivity contribution >= 4 is 55.1 Å². The lowest BCUT2D eigenvalue weighted by Crippen LogP contribution is -1.97. The van der Waals surface area contributed by atoms with E-state index in [4.69, 9.17) is 23.2 Å². The van der Waals surface area contributed by atoms with Gasteiger partial charge in [0.2, 0.25) is 0 Å². The predicted octanol–water partition coefficient (Wildman–Crippen LogP) is 6.47. The summed E-state index contributed by atoms with van der Waals surface area (Å²) in [7, 11) is 0. The Morgan fingerprint density at radius 3 is 2.00 bits per heavy atom. The van der Waals surface area contributed by atoms with E-state index < -0.39 is 17.0 Å². The largest absolute Gasteiger partial charge is 0.204 e. The Balaban J connectivity index is 2.49. The van der Waals surface area contributed by atoms with Crippen LogP contribution in [0.2, 0.25) is 5.02 Å². The molecule has 6 heteroatoms. The van der Waals surface area contributed by atoms with Crippen LogP contribution >= 0.6 is 55.1 Å². The number of hydrogen-bond acceptors (Lipinski definition) is 0. The van der Waals surface area contributed by atoms with E-state index in [0.717, 1.165) is 26.6 Å². The highest BCUT2D eigenvalue weighted by atomic mass is 79.9. The molecule has 0 saturated heterocycles. The number of halogens is 6. The first-order valence-corrected chi connectivity index (χ1v) is 7.53. The quantitative estimate of drug-likeness (QED) is 0.378. The molecule has 1 unspecified atom stereocenters. The molecule has 19 heavy (non-hydrogen) atoms. The summed E-state index contributed by atoms with van der Waals surface area (Å²) in [6, 6.07) is 7.37. The monoisotopic (exact) mass is 428 g/mol. The molecule has 2 aromatic rings. The summed E-state index contributed by atoms with van der Waals surface area (Å²) in [6.45, 7) is 0. The van der Waals surface area contributed by atoms with Gasteiger partial charge in [-0.2, -0.15) is 0 Å². The SMILES string of the molecule is Fc1cc(Cl)c(C(Cl)c2cc(Br)cc(Br)c2)cc1F. The summed E-state index contributed by atoms with van der Waals surface area (Å²) in [5.41, 5.74) is 1.04. The van der Waals surface area contributed by atoms with Gasteiger partial charge in [-0.1, -0.05) is 43.5 Å². The second-order valence-electron chi connectivity index (χ2n) is 3.85. The molecule has 0 aliphatic heterocycles. The molecule has 0 saturated carbocycles. The van der Waals surface area contributed by atoms with Gasteiger partial charge >= 0.3 is 0 Å². The van der Waals surface area contributed by atoms with Gasteiger partial charge in [-0.05, 0) is 41.5 Å². The average molecular weight is 431 g/mol. The second kappa shape index (κ2) is 6.08. The highest BCUT2D eigenvalue weighted by Crippen LogP contribution is 2.36. The standard InChI is InChI=1S/C13H6Br2Cl2F2/c14-7-1-6(2-8(15)3-7)13(17)9-4-11(18)12(19)5-10(9)16/h1-5,13H. The molecule has 0 radical (unpaired) electrons. The maximum atomic E-state index is 13.3. The molecule has 0 N–H and O–H groups in total. The first-order valence-electron chi connectivity index (χ1n) is 5.13. The third-order valence-electron chi connectivity index (χ3n) is 2.49. The minimum absolute atomic E-state index is 0.0926. The molecule has 0 aliphatic rings. The topological polar surface area (TPSA) is 0 Å². The van der Waals surface area contributed by atoms with Crippen LogP contribution in [-0.2, 0) is 0 Å². The van der Waals surface area contributed by atoms with Crippen LogP contribution in [0.4, 0.5) is 8.78 Å². The van der Waals surface area contributed by atoms with E-state index in [2.05, 4.69) is 31.9 Å². The molecule has 2 rings (SSSR count). The Morgan fingerprint density at radius 1 is 0.895 bits per heavy atom. The number of rotatable bonds is 2. The number of alkyl halides is 1. The smallest absolute Gasteiger partial charge is 0.160 e. The summed E-state index contributed by atoms with van der Waals surface area (Å²) in [5, 5.41) is -0.577. The molecule has 0 heterocycles. The van der Waals surface area contributed by atoms with Crippen molar-refractivity contribution in [3.63, 3.8) is 0 Å². The van der Waals surface area contributed by atoms with E-state index in [1.165, 1.54) is 0 Å². The van der Waals surface area contributed by atoms with Crippen molar-refractivity contribution < 1.29 is 8.78 Å². The maximum Gasteiger partial charge on any atom is 0.160 e. The summed E-state index contributed by atoms with van der Waals surface area (Å²) in [4.78, 5) is 0. The maximum absolute atomic E-state index is 13.3. The predicted molar refractivity (Wildman–Crippen MR) is 80.9 cm³/mol. The van der Waals surface area contributed by atoms with Crippen LogP contribution in [0.5, 0.6) is 0 Å². The minimum Gasteiger partial charge on any atom is -0.204 e. The molecule has 0 nitrogen and oxygen atoms in total. The summed E-state index contributed by atoms with van der Waals surface area (Å²) in [5.74, 6) is -1.97. The summed E-state index contributed by atoms with van der Waals surface area (Å²) >= 11 is 18.9. The number of hydrogen-bond donors (Lipinski definition) is 0. The van der Waals surface area contributed by atoms with E-state index in [1.807, 2.05) is 6.07 Å². The van der Waals surface area contributed by atoms with Gasteiger partial charge in [0, 0.05) is 14.0 Å². The first kappa shape index (κ1) is 15.2. The fourth-order valence-corrected chi connectivity index (χ4v) is 3.58. The molecule has 0 aliphatic carbocycles. The highest BCUT2D eigenvalue weighted by molar-refractivity contribution is 9.11. The van der Waals surface area contributed by atoms with Crippen molar-refractivity contribution in [2.75, 3.05) is 0 Å². The third-order valence-corrected chi connectivity index (χ3v) is 4.22. The molecule has 0 aromatic heterocycles. The molecular formula is C13H6Br2Cl2F2. The van der Waals surface area contributed by atoms with E-state index in [9.17, 15) is 8.78 Å². The average Bonchev–Trinajstić information content (AvgIpc) is 2.31. The van der Waals surface area contributed by atoms with Crippen molar-refractivity contribution in [2.45, 2.75) is 5.38 Å². The van der Waals surface area contributed by atoms with Crippen LogP contribution in [0.1, 0.15) is 16.5 Å². The fourth-order valence-electron chi connectivity index (χ4n) is 1.63. The van der Waals surface area contributed by atoms with Gasteiger partial charge in [-0.25, -0.2) is 8.78 Å². The zero-order chi connectivity index (χ0) is 14.2. The van der Waals surface area contributed by atoms with Crippen LogP contribution < -0.4 is 0 Å². The Hall–Kier alpha value is -0.160. The first-order chi connectivity index (χ1) is 8.88. The van der Waals surface area contributed by atoms with Crippen LogP contribution in [0, 0.1) is 11.6 Å². The van der Waals surface area contributed by atoms with Gasteiger partial charge in [0.15, 0.2) is 11.6 Å². The fraction of sp³-hybridized carbons (Fsp3) is 0.0769. The van der Waals surface area contributed by atoms with E-state index in [1.54, 1.807) is 12.1 Å². The van der Waals surface area contributed by atoms with Crippen molar-refractivity contribution in [1.29, 1.82) is 0 Å². The zero-order valence-electron chi connectivity index (χ0n) is 9.23. The molecule has 0 spiro atoms. The van der Waals surface area contributed by atoms with Crippen LogP contribution in [-0.4, -0.2) is 0 Å². The molecule has 2 aromatic carbocycles. The molecule has 100 valence electrons. The van der Waals surface area contributed by atoms with Crippen molar-refractivity contribution in [3.8, 4) is 0 Å². The second-order valence-corrected chi connectivity index (χ2v) is 6.53. The van der Waals surface area contributed by atoms with E-state index >= 15 is 0 Å². The summed E-state index contributed by atoms with van der Waals surface area (Å²) < 4.78 is 28.0. The Morgan fingerprint density at radius 2 is 1.42 bits per heavy atom. The molecule has 1 atom stereocenters. The minimum atomic E-state index is -0.993. The van der Waals surface area contributed by atoms with Gasteiger partial charge in [-0.3, -0.25) is 0 Å². The van der Waals surface area contributed by atoms with Gasteiger partial charge in [0.1, 0.15) is 0 Å². The Kier molecular flexibility index (Phi) is 4.88. The van der Waals surface area contributed by atoms with E-state index in [-0.39, 0.29) is 5.02 Å². The summed E-state index contributed by atoms with van der Waals surface area (Å²) in [6.07, 6.45) is 0. The van der Waals surface area contributed by atoms with Crippen molar-refractivity contribution in [2.24, 2.45) is 0 Å². The Labute approximate surface area is 136 Å². The lowest BCUT2D eigenvalue weighted by molar-refractivity contribution is 0.507. The lowest BCUT2D eigenvalue weighted by atomic mass is 10.0. The molecule has 0 fully saturated rings. The molecule has 0 bridgehead atoms. The van der Waals surface area contributed by atoms with Crippen LogP contribution in [0.3, 0.4) is 0 Å². The van der Waals surface area contributed by atoms with Gasteiger partial charge in [0.25, 0.3) is 0 Å².